The molecule has 1 heterocycles. The number of ether oxygens (including phenoxy) is 1. The molecule has 2 N–H and O–H groups in total. The van der Waals surface area contributed by atoms with Crippen LogP contribution >= 0.6 is 12.0 Å². The number of carbonyl (C=O) groups excluding carboxylic acids is 1. The number of nitrogens with zero attached hydrogens (tertiary/aromatic N) is 1. The highest BCUT2D eigenvalue weighted by atomic mass is 32.2. The number of hydrogen-bond acceptors (Lipinski definition) is 6. The van der Waals surface area contributed by atoms with Gasteiger partial charge in [0.1, 0.15) is 17.3 Å². The van der Waals surface area contributed by atoms with Gasteiger partial charge in [-0.1, -0.05) is 80.5 Å². The zero-order chi connectivity index (χ0) is 30.4. The molecule has 1 amide bonds. The van der Waals surface area contributed by atoms with Crippen LogP contribution in [0.15, 0.2) is 108 Å². The zero-order valence-electron chi connectivity index (χ0n) is 24.2. The van der Waals surface area contributed by atoms with E-state index in [0.29, 0.717) is 47.1 Å². The molecule has 8 heteroatoms. The monoisotopic (exact) mass is 596 g/mol. The van der Waals surface area contributed by atoms with E-state index in [-0.39, 0.29) is 17.1 Å². The number of benzene rings is 4. The molecule has 0 aliphatic heterocycles. The van der Waals surface area contributed by atoms with E-state index in [1.165, 1.54) is 17.7 Å². The van der Waals surface area contributed by atoms with Crippen molar-refractivity contribution >= 4 is 17.9 Å². The Morgan fingerprint density at radius 2 is 1.63 bits per heavy atom. The fourth-order valence-electron chi connectivity index (χ4n) is 4.63. The van der Waals surface area contributed by atoms with Crippen molar-refractivity contribution in [3.8, 4) is 28.2 Å². The first-order chi connectivity index (χ1) is 20.7. The third-order valence-electron chi connectivity index (χ3n) is 7.05. The van der Waals surface area contributed by atoms with E-state index in [2.05, 4.69) is 43.4 Å². The molecule has 4 aromatic carbocycles. The van der Waals surface area contributed by atoms with Gasteiger partial charge in [0.15, 0.2) is 11.9 Å². The summed E-state index contributed by atoms with van der Waals surface area (Å²) >= 11 is 0.685. The second-order valence-corrected chi connectivity index (χ2v) is 11.9. The molecule has 0 spiro atoms. The Morgan fingerprint density at radius 1 is 0.930 bits per heavy atom. The minimum Gasteiger partial charge on any atom is -0.479 e. The molecule has 0 saturated heterocycles. The highest BCUT2D eigenvalue weighted by Crippen LogP contribution is 2.34. The Bertz CT molecular complexity index is 1660. The third kappa shape index (κ3) is 7.52. The van der Waals surface area contributed by atoms with Gasteiger partial charge in [0.25, 0.3) is 5.91 Å². The zero-order valence-corrected chi connectivity index (χ0v) is 25.0. The van der Waals surface area contributed by atoms with Crippen molar-refractivity contribution in [2.45, 2.75) is 32.3 Å². The van der Waals surface area contributed by atoms with Crippen LogP contribution in [0.1, 0.15) is 54.1 Å². The number of nitrogens with one attached hydrogen (secondary N) is 1. The molecule has 5 aromatic rings. The molecule has 6 nitrogen and oxygen atoms in total. The lowest BCUT2D eigenvalue weighted by Crippen LogP contribution is -2.25. The summed E-state index contributed by atoms with van der Waals surface area (Å²) < 4.78 is 34.6. The Labute approximate surface area is 255 Å². The summed E-state index contributed by atoms with van der Waals surface area (Å²) in [5.74, 6) is 1.05. The van der Waals surface area contributed by atoms with Gasteiger partial charge in [0, 0.05) is 29.5 Å². The number of hydrogen-bond donors (Lipinski definition) is 2. The summed E-state index contributed by atoms with van der Waals surface area (Å²) in [6.45, 7) is 6.87. The van der Waals surface area contributed by atoms with Crippen molar-refractivity contribution in [3.63, 3.8) is 0 Å². The van der Waals surface area contributed by atoms with Gasteiger partial charge in [-0.25, -0.2) is 4.39 Å². The van der Waals surface area contributed by atoms with E-state index in [1.54, 1.807) is 36.4 Å². The van der Waals surface area contributed by atoms with E-state index in [1.807, 2.05) is 42.5 Å². The molecule has 0 aliphatic rings. The van der Waals surface area contributed by atoms with Crippen molar-refractivity contribution in [2.75, 3.05) is 12.3 Å². The van der Waals surface area contributed by atoms with Gasteiger partial charge >= 0.3 is 0 Å². The molecule has 1 atom stereocenters. The molecule has 1 aromatic heterocycles. The van der Waals surface area contributed by atoms with Crippen LogP contribution in [0.5, 0.6) is 5.75 Å². The van der Waals surface area contributed by atoms with Gasteiger partial charge < -0.3 is 19.1 Å². The Balaban J connectivity index is 1.43. The fourth-order valence-corrected chi connectivity index (χ4v) is 4.83. The second kappa shape index (κ2) is 13.3. The summed E-state index contributed by atoms with van der Waals surface area (Å²) in [6.07, 6.45) is -0.576. The first-order valence-corrected chi connectivity index (χ1v) is 14.9. The van der Waals surface area contributed by atoms with Crippen LogP contribution in [0.3, 0.4) is 0 Å². The molecule has 0 radical (unpaired) electrons. The first kappa shape index (κ1) is 30.1. The average Bonchev–Trinajstić information content (AvgIpc) is 3.50. The van der Waals surface area contributed by atoms with Crippen molar-refractivity contribution in [1.29, 1.82) is 0 Å². The second-order valence-electron chi connectivity index (χ2n) is 11.2. The maximum absolute atomic E-state index is 13.5. The van der Waals surface area contributed by atoms with Crippen molar-refractivity contribution in [3.05, 3.63) is 131 Å². The van der Waals surface area contributed by atoms with Crippen molar-refractivity contribution in [2.24, 2.45) is 0 Å². The maximum Gasteiger partial charge on any atom is 0.251 e. The number of rotatable bonds is 10. The summed E-state index contributed by atoms with van der Waals surface area (Å²) in [7, 11) is 0. The molecule has 5 rings (SSSR count). The number of halogens is 1. The van der Waals surface area contributed by atoms with Gasteiger partial charge in [0.2, 0.25) is 0 Å². The highest BCUT2D eigenvalue weighted by molar-refractivity contribution is 7.93. The van der Waals surface area contributed by atoms with E-state index in [9.17, 15) is 9.18 Å². The van der Waals surface area contributed by atoms with Gasteiger partial charge in [-0.05, 0) is 82.2 Å². The molecule has 1 unspecified atom stereocenters. The number of amides is 1. The van der Waals surface area contributed by atoms with Gasteiger partial charge in [-0.15, -0.1) is 0 Å². The quantitative estimate of drug-likeness (QED) is 0.124. The van der Waals surface area contributed by atoms with E-state index in [4.69, 9.17) is 13.8 Å². The molecule has 0 saturated carbocycles. The van der Waals surface area contributed by atoms with E-state index >= 15 is 0 Å². The van der Waals surface area contributed by atoms with Gasteiger partial charge in [0.05, 0.1) is 0 Å². The van der Waals surface area contributed by atoms with Crippen LogP contribution in [0.2, 0.25) is 0 Å². The summed E-state index contributed by atoms with van der Waals surface area (Å²) in [5.41, 5.74) is 5.84. The minimum absolute atomic E-state index is 0.00223. The Morgan fingerprint density at radius 3 is 2.30 bits per heavy atom. The van der Waals surface area contributed by atoms with Crippen LogP contribution in [0.4, 0.5) is 4.39 Å². The summed E-state index contributed by atoms with van der Waals surface area (Å²) in [5, 5.41) is 7.17. The topological polar surface area (TPSA) is 84.6 Å². The van der Waals surface area contributed by atoms with Crippen LogP contribution in [-0.2, 0) is 5.41 Å². The smallest absolute Gasteiger partial charge is 0.251 e. The van der Waals surface area contributed by atoms with Crippen LogP contribution in [0.25, 0.3) is 22.5 Å². The molecular weight excluding hydrogens is 563 g/mol. The molecule has 220 valence electrons. The summed E-state index contributed by atoms with van der Waals surface area (Å²) in [6, 6.07) is 31.2. The standard InChI is InChI=1S/C35H33FN2O4S/c1-35(2,3)28-13-7-24(8-14-28)33(41-30-17-11-25(12-18-30)34(39)37-19-20-43-40)31-22-32(42-38-31)27-6-4-5-26(21-27)23-9-15-29(36)16-10-23/h4-18,21-22,33,40H,19-20H2,1-3H3,(H,37,39). The number of carbonyl (C=O) groups is 1. The molecule has 0 fully saturated rings. The van der Waals surface area contributed by atoms with Crippen molar-refractivity contribution < 1.29 is 23.0 Å². The summed E-state index contributed by atoms with van der Waals surface area (Å²) in [4.78, 5) is 12.4. The SMILES string of the molecule is CC(C)(C)c1ccc(C(Oc2ccc(C(=O)NCCSO)cc2)c2cc(-c3cccc(-c4ccc(F)cc4)c3)on2)cc1. The molecule has 43 heavy (non-hydrogen) atoms. The average molecular weight is 597 g/mol. The third-order valence-corrected chi connectivity index (χ3v) is 7.44. The van der Waals surface area contributed by atoms with Crippen LogP contribution < -0.4 is 10.1 Å². The number of aromatic nitrogens is 1. The lowest BCUT2D eigenvalue weighted by atomic mass is 9.86. The van der Waals surface area contributed by atoms with Crippen molar-refractivity contribution in [1.82, 2.24) is 10.5 Å². The Hall–Kier alpha value is -4.40. The molecule has 0 aliphatic carbocycles. The largest absolute Gasteiger partial charge is 0.479 e. The lowest BCUT2D eigenvalue weighted by molar-refractivity contribution is 0.0956. The van der Waals surface area contributed by atoms with Gasteiger partial charge in [-0.3, -0.25) is 4.79 Å². The minimum atomic E-state index is -0.576. The lowest BCUT2D eigenvalue weighted by Gasteiger charge is -2.21. The maximum atomic E-state index is 13.5. The normalized spacial score (nSPS) is 12.1. The van der Waals surface area contributed by atoms with E-state index < -0.39 is 6.10 Å². The fraction of sp³-hybridized carbons (Fsp3) is 0.200. The Kier molecular flexibility index (Phi) is 9.28. The predicted molar refractivity (Wildman–Crippen MR) is 169 cm³/mol. The molecule has 0 bridgehead atoms. The predicted octanol–water partition coefficient (Wildman–Crippen LogP) is 8.55. The van der Waals surface area contributed by atoms with E-state index in [0.717, 1.165) is 22.3 Å². The van der Waals surface area contributed by atoms with Crippen LogP contribution in [0, 0.1) is 5.82 Å². The van der Waals surface area contributed by atoms with Gasteiger partial charge in [-0.2, -0.15) is 0 Å². The first-order valence-electron chi connectivity index (χ1n) is 14.0. The molecular formula is C35H33FN2O4S. The van der Waals surface area contributed by atoms with Crippen LogP contribution in [-0.4, -0.2) is 27.9 Å². The highest BCUT2D eigenvalue weighted by Gasteiger charge is 2.23.